The van der Waals surface area contributed by atoms with Crippen LogP contribution in [0.15, 0.2) is 61.1 Å². The molecular formula is C16H12ClN3O. The quantitative estimate of drug-likeness (QED) is 0.735. The SMILES string of the molecule is Clc1cnc(-c2ccc(OCc3ccccc3)nc2)cn1. The maximum absolute atomic E-state index is 5.71. The van der Waals surface area contributed by atoms with E-state index in [1.54, 1.807) is 12.4 Å². The van der Waals surface area contributed by atoms with E-state index in [9.17, 15) is 0 Å². The van der Waals surface area contributed by atoms with Crippen LogP contribution in [0.5, 0.6) is 5.88 Å². The van der Waals surface area contributed by atoms with Crippen LogP contribution in [0.25, 0.3) is 11.3 Å². The van der Waals surface area contributed by atoms with Crippen molar-refractivity contribution in [3.8, 4) is 17.1 Å². The third kappa shape index (κ3) is 3.55. The third-order valence-corrected chi connectivity index (χ3v) is 3.08. The van der Waals surface area contributed by atoms with Gasteiger partial charge in [0.1, 0.15) is 11.8 Å². The van der Waals surface area contributed by atoms with Crippen LogP contribution in [0.4, 0.5) is 0 Å². The lowest BCUT2D eigenvalue weighted by Gasteiger charge is -2.06. The second-order valence-corrected chi connectivity index (χ2v) is 4.77. The lowest BCUT2D eigenvalue weighted by atomic mass is 10.2. The second-order valence-electron chi connectivity index (χ2n) is 4.38. The Labute approximate surface area is 127 Å². The molecule has 0 radical (unpaired) electrons. The number of benzene rings is 1. The van der Waals surface area contributed by atoms with Crippen LogP contribution in [0.1, 0.15) is 5.56 Å². The average molecular weight is 298 g/mol. The van der Waals surface area contributed by atoms with Gasteiger partial charge in [0.2, 0.25) is 5.88 Å². The molecule has 5 heteroatoms. The van der Waals surface area contributed by atoms with Gasteiger partial charge in [0, 0.05) is 17.8 Å². The van der Waals surface area contributed by atoms with E-state index >= 15 is 0 Å². The van der Waals surface area contributed by atoms with E-state index in [-0.39, 0.29) is 0 Å². The predicted octanol–water partition coefficient (Wildman–Crippen LogP) is 3.77. The van der Waals surface area contributed by atoms with Crippen molar-refractivity contribution in [3.05, 3.63) is 71.8 Å². The van der Waals surface area contributed by atoms with Crippen LogP contribution < -0.4 is 4.74 Å². The molecule has 0 aliphatic carbocycles. The Morgan fingerprint density at radius 1 is 0.857 bits per heavy atom. The van der Waals surface area contributed by atoms with Crippen LogP contribution in [0.2, 0.25) is 5.15 Å². The first-order chi connectivity index (χ1) is 10.3. The summed E-state index contributed by atoms with van der Waals surface area (Å²) >= 11 is 5.71. The summed E-state index contributed by atoms with van der Waals surface area (Å²) in [4.78, 5) is 12.5. The number of halogens is 1. The van der Waals surface area contributed by atoms with Crippen LogP contribution >= 0.6 is 11.6 Å². The summed E-state index contributed by atoms with van der Waals surface area (Å²) < 4.78 is 5.63. The molecule has 0 N–H and O–H groups in total. The molecule has 1 aromatic carbocycles. The number of nitrogens with zero attached hydrogens (tertiary/aromatic N) is 3. The van der Waals surface area contributed by atoms with Gasteiger partial charge < -0.3 is 4.74 Å². The maximum atomic E-state index is 5.71. The highest BCUT2D eigenvalue weighted by Gasteiger charge is 2.02. The second kappa shape index (κ2) is 6.33. The minimum Gasteiger partial charge on any atom is -0.473 e. The fourth-order valence-electron chi connectivity index (χ4n) is 1.81. The minimum absolute atomic E-state index is 0.370. The monoisotopic (exact) mass is 297 g/mol. The summed E-state index contributed by atoms with van der Waals surface area (Å²) in [7, 11) is 0. The van der Waals surface area contributed by atoms with Crippen molar-refractivity contribution < 1.29 is 4.74 Å². The average Bonchev–Trinajstić information content (AvgIpc) is 2.55. The summed E-state index contributed by atoms with van der Waals surface area (Å²) in [5, 5.41) is 0.370. The molecule has 4 nitrogen and oxygen atoms in total. The Kier molecular flexibility index (Phi) is 4.07. The van der Waals surface area contributed by atoms with Crippen molar-refractivity contribution in [1.82, 2.24) is 15.0 Å². The Bertz CT molecular complexity index is 700. The van der Waals surface area contributed by atoms with Gasteiger partial charge in [-0.25, -0.2) is 9.97 Å². The van der Waals surface area contributed by atoms with Crippen LogP contribution in [-0.4, -0.2) is 15.0 Å². The van der Waals surface area contributed by atoms with Crippen molar-refractivity contribution in [2.24, 2.45) is 0 Å². The topological polar surface area (TPSA) is 47.9 Å². The molecule has 0 atom stereocenters. The normalized spacial score (nSPS) is 10.3. The van der Waals surface area contributed by atoms with Crippen LogP contribution in [0, 0.1) is 0 Å². The Balaban J connectivity index is 1.68. The van der Waals surface area contributed by atoms with E-state index in [0.717, 1.165) is 16.8 Å². The molecule has 0 aliphatic rings. The van der Waals surface area contributed by atoms with E-state index in [0.29, 0.717) is 17.6 Å². The number of pyridine rings is 1. The molecule has 0 saturated heterocycles. The van der Waals surface area contributed by atoms with E-state index < -0.39 is 0 Å². The smallest absolute Gasteiger partial charge is 0.213 e. The molecule has 0 fully saturated rings. The van der Waals surface area contributed by atoms with E-state index in [1.165, 1.54) is 6.20 Å². The van der Waals surface area contributed by atoms with Crippen molar-refractivity contribution in [2.45, 2.75) is 6.61 Å². The highest BCUT2D eigenvalue weighted by molar-refractivity contribution is 6.29. The van der Waals surface area contributed by atoms with E-state index in [2.05, 4.69) is 15.0 Å². The fraction of sp³-hybridized carbons (Fsp3) is 0.0625. The van der Waals surface area contributed by atoms with Gasteiger partial charge in [-0.3, -0.25) is 4.98 Å². The zero-order valence-electron chi connectivity index (χ0n) is 11.1. The molecule has 0 bridgehead atoms. The zero-order valence-corrected chi connectivity index (χ0v) is 11.9. The summed E-state index contributed by atoms with van der Waals surface area (Å²) in [6.07, 6.45) is 4.83. The summed E-state index contributed by atoms with van der Waals surface area (Å²) in [5.74, 6) is 0.574. The number of hydrogen-bond donors (Lipinski definition) is 0. The Morgan fingerprint density at radius 3 is 2.38 bits per heavy atom. The highest BCUT2D eigenvalue weighted by atomic mass is 35.5. The zero-order chi connectivity index (χ0) is 14.5. The molecule has 0 saturated carbocycles. The van der Waals surface area contributed by atoms with Gasteiger partial charge in [-0.2, -0.15) is 0 Å². The maximum Gasteiger partial charge on any atom is 0.213 e. The summed E-state index contributed by atoms with van der Waals surface area (Å²) in [6.45, 7) is 0.494. The summed E-state index contributed by atoms with van der Waals surface area (Å²) in [6, 6.07) is 13.7. The minimum atomic E-state index is 0.370. The Hall–Kier alpha value is -2.46. The number of rotatable bonds is 4. The first kappa shape index (κ1) is 13.5. The van der Waals surface area contributed by atoms with Gasteiger partial charge >= 0.3 is 0 Å². The predicted molar refractivity (Wildman–Crippen MR) is 81.0 cm³/mol. The molecule has 2 aromatic heterocycles. The molecule has 0 unspecified atom stereocenters. The highest BCUT2D eigenvalue weighted by Crippen LogP contribution is 2.18. The van der Waals surface area contributed by atoms with Crippen LogP contribution in [0.3, 0.4) is 0 Å². The molecule has 0 spiro atoms. The summed E-state index contributed by atoms with van der Waals surface area (Å²) in [5.41, 5.74) is 2.69. The van der Waals surface area contributed by atoms with Crippen molar-refractivity contribution in [2.75, 3.05) is 0 Å². The van der Waals surface area contributed by atoms with E-state index in [1.807, 2.05) is 42.5 Å². The van der Waals surface area contributed by atoms with Gasteiger partial charge in [-0.05, 0) is 11.6 Å². The molecule has 21 heavy (non-hydrogen) atoms. The van der Waals surface area contributed by atoms with Gasteiger partial charge in [-0.15, -0.1) is 0 Å². The van der Waals surface area contributed by atoms with Crippen molar-refractivity contribution >= 4 is 11.6 Å². The lowest BCUT2D eigenvalue weighted by Crippen LogP contribution is -1.97. The first-order valence-corrected chi connectivity index (χ1v) is 6.80. The number of hydrogen-bond acceptors (Lipinski definition) is 4. The molecular weight excluding hydrogens is 286 g/mol. The standard InChI is InChI=1S/C16H12ClN3O/c17-15-10-18-14(9-19-15)13-6-7-16(20-8-13)21-11-12-4-2-1-3-5-12/h1-10H,11H2. The van der Waals surface area contributed by atoms with Gasteiger partial charge in [0.25, 0.3) is 0 Å². The molecule has 0 amide bonds. The lowest BCUT2D eigenvalue weighted by molar-refractivity contribution is 0.294. The van der Waals surface area contributed by atoms with Crippen molar-refractivity contribution in [3.63, 3.8) is 0 Å². The molecule has 2 heterocycles. The Morgan fingerprint density at radius 2 is 1.71 bits per heavy atom. The van der Waals surface area contributed by atoms with E-state index in [4.69, 9.17) is 16.3 Å². The van der Waals surface area contributed by atoms with Crippen molar-refractivity contribution in [1.29, 1.82) is 0 Å². The fourth-order valence-corrected chi connectivity index (χ4v) is 1.91. The molecule has 104 valence electrons. The number of aromatic nitrogens is 3. The molecule has 3 rings (SSSR count). The van der Waals surface area contributed by atoms with Crippen LogP contribution in [-0.2, 0) is 6.61 Å². The van der Waals surface area contributed by atoms with Gasteiger partial charge in [0.15, 0.2) is 0 Å². The third-order valence-electron chi connectivity index (χ3n) is 2.88. The number of ether oxygens (including phenoxy) is 1. The largest absolute Gasteiger partial charge is 0.473 e. The van der Waals surface area contributed by atoms with Gasteiger partial charge in [0.05, 0.1) is 18.1 Å². The molecule has 3 aromatic rings. The molecule has 0 aliphatic heterocycles. The first-order valence-electron chi connectivity index (χ1n) is 6.42. The van der Waals surface area contributed by atoms with Gasteiger partial charge in [-0.1, -0.05) is 41.9 Å².